The number of anilines is 1. The zero-order valence-corrected chi connectivity index (χ0v) is 15.9. The van der Waals surface area contributed by atoms with Crippen LogP contribution in [-0.4, -0.2) is 29.3 Å². The van der Waals surface area contributed by atoms with E-state index in [0.29, 0.717) is 6.54 Å². The van der Waals surface area contributed by atoms with Crippen molar-refractivity contribution in [2.24, 2.45) is 7.05 Å². The van der Waals surface area contributed by atoms with Crippen LogP contribution in [0.5, 0.6) is 0 Å². The summed E-state index contributed by atoms with van der Waals surface area (Å²) in [6.07, 6.45) is 7.62. The molecule has 1 N–H and O–H groups in total. The summed E-state index contributed by atoms with van der Waals surface area (Å²) in [4.78, 5) is 15.1. The number of carbonyl (C=O) groups is 1. The minimum Gasteiger partial charge on any atom is -0.309 e. The molecule has 0 bridgehead atoms. The molecule has 1 amide bonds. The van der Waals surface area contributed by atoms with Crippen LogP contribution < -0.4 is 10.2 Å². The fraction of sp³-hybridized carbons (Fsp3) is 0.474. The molecule has 1 unspecified atom stereocenters. The zero-order chi connectivity index (χ0) is 17.6. The smallest absolute Gasteiger partial charge is 0.248 e. The number of benzene rings is 1. The molecule has 5 nitrogen and oxygen atoms in total. The number of hydrogen-bond acceptors (Lipinski definition) is 3. The monoisotopic (exact) mass is 378 g/mol. The largest absolute Gasteiger partial charge is 0.309 e. The van der Waals surface area contributed by atoms with Gasteiger partial charge < -0.3 is 10.2 Å². The van der Waals surface area contributed by atoms with Crippen LogP contribution in [0.4, 0.5) is 10.1 Å². The second-order valence-electron chi connectivity index (χ2n) is 7.21. The Labute approximate surface area is 159 Å². The van der Waals surface area contributed by atoms with E-state index in [1.807, 2.05) is 19.3 Å². The number of halogens is 2. The topological polar surface area (TPSA) is 50.2 Å². The molecular weight excluding hydrogens is 355 g/mol. The lowest BCUT2D eigenvalue weighted by molar-refractivity contribution is -0.120. The molecule has 2 aliphatic rings. The quantitative estimate of drug-likeness (QED) is 0.892. The Hall–Kier alpha value is -1.92. The number of carbonyl (C=O) groups excluding carboxylic acids is 1. The predicted molar refractivity (Wildman–Crippen MR) is 101 cm³/mol. The molecule has 1 atom stereocenters. The highest BCUT2D eigenvalue weighted by Gasteiger charge is 2.48. The summed E-state index contributed by atoms with van der Waals surface area (Å²) in [6, 6.07) is 4.60. The highest BCUT2D eigenvalue weighted by atomic mass is 35.5. The molecule has 140 valence electrons. The van der Waals surface area contributed by atoms with Crippen molar-refractivity contribution in [1.82, 2.24) is 15.1 Å². The maximum Gasteiger partial charge on any atom is 0.248 e. The van der Waals surface area contributed by atoms with Gasteiger partial charge in [-0.15, -0.1) is 12.4 Å². The first-order chi connectivity index (χ1) is 12.1. The first-order valence-corrected chi connectivity index (χ1v) is 8.82. The third-order valence-corrected chi connectivity index (χ3v) is 5.69. The molecule has 1 aromatic heterocycles. The molecule has 2 aromatic rings. The van der Waals surface area contributed by atoms with Crippen molar-refractivity contribution in [2.75, 3.05) is 18.5 Å². The van der Waals surface area contributed by atoms with E-state index in [2.05, 4.69) is 10.4 Å². The van der Waals surface area contributed by atoms with Gasteiger partial charge in [-0.05, 0) is 32.0 Å². The molecule has 0 saturated heterocycles. The van der Waals surface area contributed by atoms with Crippen LogP contribution in [0.2, 0.25) is 0 Å². The van der Waals surface area contributed by atoms with E-state index in [4.69, 9.17) is 0 Å². The predicted octanol–water partition coefficient (Wildman–Crippen LogP) is 3.10. The van der Waals surface area contributed by atoms with Gasteiger partial charge in [0, 0.05) is 36.3 Å². The fourth-order valence-electron chi connectivity index (χ4n) is 4.56. The van der Waals surface area contributed by atoms with Gasteiger partial charge in [0.15, 0.2) is 0 Å². The van der Waals surface area contributed by atoms with Gasteiger partial charge >= 0.3 is 0 Å². The van der Waals surface area contributed by atoms with Crippen LogP contribution in [0.3, 0.4) is 0 Å². The van der Waals surface area contributed by atoms with Gasteiger partial charge in [0.1, 0.15) is 11.9 Å². The zero-order valence-electron chi connectivity index (χ0n) is 15.0. The van der Waals surface area contributed by atoms with E-state index in [1.54, 1.807) is 28.9 Å². The van der Waals surface area contributed by atoms with Crippen molar-refractivity contribution < 1.29 is 9.18 Å². The minimum absolute atomic E-state index is 0. The molecule has 1 spiro atoms. The van der Waals surface area contributed by atoms with E-state index < -0.39 is 6.04 Å². The Morgan fingerprint density at radius 1 is 1.35 bits per heavy atom. The van der Waals surface area contributed by atoms with Crippen molar-refractivity contribution >= 4 is 24.0 Å². The fourth-order valence-corrected chi connectivity index (χ4v) is 4.56. The summed E-state index contributed by atoms with van der Waals surface area (Å²) in [5, 5.41) is 7.26. The lowest BCUT2D eigenvalue weighted by Gasteiger charge is -2.27. The highest BCUT2D eigenvalue weighted by Crippen LogP contribution is 2.51. The molecule has 7 heteroatoms. The maximum atomic E-state index is 14.7. The van der Waals surface area contributed by atoms with Crippen molar-refractivity contribution in [2.45, 2.75) is 37.1 Å². The number of fused-ring (bicyclic) bond motifs is 2. The van der Waals surface area contributed by atoms with E-state index in [-0.39, 0.29) is 29.5 Å². The average Bonchev–Trinajstić information content (AvgIpc) is 3.30. The average molecular weight is 379 g/mol. The molecule has 0 radical (unpaired) electrons. The highest BCUT2D eigenvalue weighted by molar-refractivity contribution is 6.00. The van der Waals surface area contributed by atoms with Gasteiger partial charge in [-0.25, -0.2) is 4.39 Å². The van der Waals surface area contributed by atoms with E-state index in [0.717, 1.165) is 42.5 Å². The van der Waals surface area contributed by atoms with Crippen molar-refractivity contribution in [3.05, 3.63) is 47.5 Å². The second kappa shape index (κ2) is 7.00. The van der Waals surface area contributed by atoms with Gasteiger partial charge in [0.05, 0.1) is 11.9 Å². The number of hydrogen-bond donors (Lipinski definition) is 1. The van der Waals surface area contributed by atoms with E-state index >= 15 is 0 Å². The summed E-state index contributed by atoms with van der Waals surface area (Å²) < 4.78 is 16.4. The molecule has 1 aliphatic carbocycles. The third kappa shape index (κ3) is 2.81. The van der Waals surface area contributed by atoms with Crippen LogP contribution in [-0.2, 0) is 17.3 Å². The standard InChI is InChI=1S/C19H23FN4O.ClH/c1-21-17(13-10-22-23(2)11-13)18(25)24-12-19(8-3-4-9-19)16-14(20)6-5-7-15(16)24;/h5-7,10-11,17,21H,3-4,8-9,12H2,1-2H3;1H. The lowest BCUT2D eigenvalue weighted by Crippen LogP contribution is -2.41. The molecule has 2 heterocycles. The van der Waals surface area contributed by atoms with Gasteiger partial charge in [0.2, 0.25) is 5.91 Å². The summed E-state index contributed by atoms with van der Waals surface area (Å²) in [7, 11) is 3.60. The summed E-state index contributed by atoms with van der Waals surface area (Å²) in [5.74, 6) is -0.233. The van der Waals surface area contributed by atoms with E-state index in [9.17, 15) is 9.18 Å². The number of likely N-dealkylation sites (N-methyl/N-ethyl adjacent to an activating group) is 1. The number of nitrogens with zero attached hydrogens (tertiary/aromatic N) is 3. The molecule has 1 saturated carbocycles. The molecule has 4 rings (SSSR count). The Morgan fingerprint density at radius 3 is 2.69 bits per heavy atom. The second-order valence-corrected chi connectivity index (χ2v) is 7.21. The Morgan fingerprint density at radius 2 is 2.08 bits per heavy atom. The van der Waals surface area contributed by atoms with Gasteiger partial charge in [0.25, 0.3) is 0 Å². The molecule has 1 aliphatic heterocycles. The maximum absolute atomic E-state index is 14.7. The summed E-state index contributed by atoms with van der Waals surface area (Å²) in [6.45, 7) is 0.570. The first-order valence-electron chi connectivity index (χ1n) is 8.82. The number of rotatable bonds is 3. The molecule has 1 aromatic carbocycles. The lowest BCUT2D eigenvalue weighted by atomic mass is 9.80. The third-order valence-electron chi connectivity index (χ3n) is 5.69. The number of aryl methyl sites for hydroxylation is 1. The van der Waals surface area contributed by atoms with Crippen molar-refractivity contribution in [3.63, 3.8) is 0 Å². The SMILES string of the molecule is CNC(C(=O)N1CC2(CCCC2)c2c(F)cccc21)c1cnn(C)c1.Cl. The number of nitrogens with one attached hydrogen (secondary N) is 1. The Bertz CT molecular complexity index is 816. The van der Waals surface area contributed by atoms with E-state index in [1.165, 1.54) is 6.07 Å². The molecule has 1 fully saturated rings. The van der Waals surface area contributed by atoms with Crippen LogP contribution >= 0.6 is 12.4 Å². The van der Waals surface area contributed by atoms with Crippen LogP contribution in [0.25, 0.3) is 0 Å². The van der Waals surface area contributed by atoms with Crippen molar-refractivity contribution in [3.8, 4) is 0 Å². The first kappa shape index (κ1) is 18.9. The van der Waals surface area contributed by atoms with Crippen LogP contribution in [0, 0.1) is 5.82 Å². The molecule has 26 heavy (non-hydrogen) atoms. The summed E-state index contributed by atoms with van der Waals surface area (Å²) >= 11 is 0. The van der Waals surface area contributed by atoms with Crippen LogP contribution in [0.15, 0.2) is 30.6 Å². The van der Waals surface area contributed by atoms with Gasteiger partial charge in [-0.2, -0.15) is 5.10 Å². The Balaban J connectivity index is 0.00000196. The van der Waals surface area contributed by atoms with Gasteiger partial charge in [-0.1, -0.05) is 18.9 Å². The van der Waals surface area contributed by atoms with Crippen LogP contribution in [0.1, 0.15) is 42.9 Å². The summed E-state index contributed by atoms with van der Waals surface area (Å²) in [5.41, 5.74) is 2.07. The minimum atomic E-state index is -0.485. The Kier molecular flexibility index (Phi) is 5.08. The number of aromatic nitrogens is 2. The van der Waals surface area contributed by atoms with Crippen molar-refractivity contribution in [1.29, 1.82) is 0 Å². The van der Waals surface area contributed by atoms with Gasteiger partial charge in [-0.3, -0.25) is 9.48 Å². The normalized spacial score (nSPS) is 18.7. The molecular formula is C19H24ClFN4O. The number of amides is 1.